The van der Waals surface area contributed by atoms with Crippen molar-refractivity contribution in [2.75, 3.05) is 0 Å². The molecule has 19 heavy (non-hydrogen) atoms. The largest absolute Gasteiger partial charge is 0.192 e. The summed E-state index contributed by atoms with van der Waals surface area (Å²) in [7, 11) is 0. The fraction of sp³-hybridized carbons (Fsp3) is 0.611. The fourth-order valence-electron chi connectivity index (χ4n) is 2.61. The normalized spacial score (nSPS) is 13.8. The Bertz CT molecular complexity index is 416. The minimum absolute atomic E-state index is 0.377. The van der Waals surface area contributed by atoms with Gasteiger partial charge in [-0.1, -0.05) is 65.0 Å². The Hall–Kier alpha value is -1.29. The quantitative estimate of drug-likeness (QED) is 0.565. The third-order valence-electron chi connectivity index (χ3n) is 4.17. The standard InChI is InChI=1S/C18H27N/c1-4-6-7-8-12-18(3,5-2)14-16-10-9-11-17(13-16)15-19/h9-11,13H,4-8,12,14H2,1-3H3. The van der Waals surface area contributed by atoms with Crippen molar-refractivity contribution in [2.24, 2.45) is 5.41 Å². The maximum absolute atomic E-state index is 8.97. The molecular weight excluding hydrogens is 230 g/mol. The Balaban J connectivity index is 2.61. The van der Waals surface area contributed by atoms with Crippen molar-refractivity contribution < 1.29 is 0 Å². The van der Waals surface area contributed by atoms with Crippen LogP contribution in [0.5, 0.6) is 0 Å². The van der Waals surface area contributed by atoms with E-state index in [1.165, 1.54) is 44.1 Å². The van der Waals surface area contributed by atoms with E-state index in [1.54, 1.807) is 0 Å². The van der Waals surface area contributed by atoms with E-state index in [4.69, 9.17) is 5.26 Å². The van der Waals surface area contributed by atoms with Crippen molar-refractivity contribution in [3.8, 4) is 6.07 Å². The molecule has 1 nitrogen and oxygen atoms in total. The molecule has 1 rings (SSSR count). The second kappa shape index (κ2) is 8.00. The van der Waals surface area contributed by atoms with Crippen molar-refractivity contribution >= 4 is 0 Å². The second-order valence-corrected chi connectivity index (χ2v) is 5.96. The molecule has 0 aliphatic rings. The maximum Gasteiger partial charge on any atom is 0.0991 e. The predicted molar refractivity (Wildman–Crippen MR) is 82.0 cm³/mol. The van der Waals surface area contributed by atoms with Crippen LogP contribution >= 0.6 is 0 Å². The van der Waals surface area contributed by atoms with Crippen LogP contribution in [-0.4, -0.2) is 0 Å². The molecule has 0 aromatic heterocycles. The van der Waals surface area contributed by atoms with Crippen LogP contribution in [0, 0.1) is 16.7 Å². The van der Waals surface area contributed by atoms with E-state index < -0.39 is 0 Å². The third kappa shape index (κ3) is 5.47. The monoisotopic (exact) mass is 257 g/mol. The lowest BCUT2D eigenvalue weighted by molar-refractivity contribution is 0.270. The zero-order valence-corrected chi connectivity index (χ0v) is 12.7. The average Bonchev–Trinajstić information content (AvgIpc) is 2.44. The first-order chi connectivity index (χ1) is 9.13. The van der Waals surface area contributed by atoms with Crippen LogP contribution < -0.4 is 0 Å². The topological polar surface area (TPSA) is 23.8 Å². The van der Waals surface area contributed by atoms with Gasteiger partial charge in [0, 0.05) is 0 Å². The highest BCUT2D eigenvalue weighted by Crippen LogP contribution is 2.32. The van der Waals surface area contributed by atoms with Crippen LogP contribution in [0.25, 0.3) is 0 Å². The zero-order chi connectivity index (χ0) is 14.1. The summed E-state index contributed by atoms with van der Waals surface area (Å²) in [4.78, 5) is 0. The summed E-state index contributed by atoms with van der Waals surface area (Å²) in [5.41, 5.74) is 2.46. The number of benzene rings is 1. The number of unbranched alkanes of at least 4 members (excludes halogenated alkanes) is 3. The van der Waals surface area contributed by atoms with Gasteiger partial charge < -0.3 is 0 Å². The molecule has 0 bridgehead atoms. The van der Waals surface area contributed by atoms with Gasteiger partial charge in [-0.2, -0.15) is 5.26 Å². The minimum Gasteiger partial charge on any atom is -0.192 e. The minimum atomic E-state index is 0.377. The highest BCUT2D eigenvalue weighted by molar-refractivity contribution is 5.33. The number of hydrogen-bond donors (Lipinski definition) is 0. The summed E-state index contributed by atoms with van der Waals surface area (Å²) < 4.78 is 0. The van der Waals surface area contributed by atoms with Gasteiger partial charge in [0.05, 0.1) is 11.6 Å². The van der Waals surface area contributed by atoms with E-state index in [0.29, 0.717) is 5.41 Å². The molecule has 0 N–H and O–H groups in total. The number of rotatable bonds is 8. The van der Waals surface area contributed by atoms with Gasteiger partial charge in [-0.25, -0.2) is 0 Å². The third-order valence-corrected chi connectivity index (χ3v) is 4.17. The van der Waals surface area contributed by atoms with Crippen LogP contribution in [0.3, 0.4) is 0 Å². The highest BCUT2D eigenvalue weighted by Gasteiger charge is 2.22. The molecule has 0 radical (unpaired) electrons. The molecule has 1 unspecified atom stereocenters. The summed E-state index contributed by atoms with van der Waals surface area (Å²) in [6.45, 7) is 6.93. The first-order valence-corrected chi connectivity index (χ1v) is 7.62. The van der Waals surface area contributed by atoms with Crippen molar-refractivity contribution in [2.45, 2.75) is 65.7 Å². The van der Waals surface area contributed by atoms with Crippen LogP contribution in [0.4, 0.5) is 0 Å². The van der Waals surface area contributed by atoms with Gasteiger partial charge in [-0.05, 0) is 36.0 Å². The number of hydrogen-bond acceptors (Lipinski definition) is 1. The van der Waals surface area contributed by atoms with E-state index in [2.05, 4.69) is 32.9 Å². The molecular formula is C18H27N. The van der Waals surface area contributed by atoms with Crippen LogP contribution in [0.1, 0.15) is 70.4 Å². The molecule has 0 amide bonds. The molecule has 1 aromatic carbocycles. The van der Waals surface area contributed by atoms with Gasteiger partial charge in [0.2, 0.25) is 0 Å². The smallest absolute Gasteiger partial charge is 0.0991 e. The van der Waals surface area contributed by atoms with Crippen LogP contribution in [0.15, 0.2) is 24.3 Å². The average molecular weight is 257 g/mol. The summed E-state index contributed by atoms with van der Waals surface area (Å²) >= 11 is 0. The van der Waals surface area contributed by atoms with Gasteiger partial charge >= 0.3 is 0 Å². The van der Waals surface area contributed by atoms with Gasteiger partial charge in [0.15, 0.2) is 0 Å². The summed E-state index contributed by atoms with van der Waals surface area (Å²) in [5, 5.41) is 8.97. The van der Waals surface area contributed by atoms with Gasteiger partial charge in [0.1, 0.15) is 0 Å². The number of nitrogens with zero attached hydrogens (tertiary/aromatic N) is 1. The molecule has 0 heterocycles. The number of nitriles is 1. The van der Waals surface area contributed by atoms with E-state index in [1.807, 2.05) is 18.2 Å². The van der Waals surface area contributed by atoms with Crippen molar-refractivity contribution in [1.82, 2.24) is 0 Å². The van der Waals surface area contributed by atoms with Gasteiger partial charge in [-0.15, -0.1) is 0 Å². The van der Waals surface area contributed by atoms with Crippen LogP contribution in [-0.2, 0) is 6.42 Å². The van der Waals surface area contributed by atoms with E-state index in [0.717, 1.165) is 12.0 Å². The first kappa shape index (κ1) is 15.8. The van der Waals surface area contributed by atoms with Crippen LogP contribution in [0.2, 0.25) is 0 Å². The lowest BCUT2D eigenvalue weighted by atomic mass is 9.77. The Kier molecular flexibility index (Phi) is 6.64. The maximum atomic E-state index is 8.97. The molecule has 0 aliphatic heterocycles. The lowest BCUT2D eigenvalue weighted by Gasteiger charge is -2.28. The summed E-state index contributed by atoms with van der Waals surface area (Å²) in [5.74, 6) is 0. The Morgan fingerprint density at radius 2 is 1.95 bits per heavy atom. The Morgan fingerprint density at radius 1 is 1.16 bits per heavy atom. The fourth-order valence-corrected chi connectivity index (χ4v) is 2.61. The van der Waals surface area contributed by atoms with E-state index >= 15 is 0 Å². The SMILES string of the molecule is CCCCCCC(C)(CC)Cc1cccc(C#N)c1. The van der Waals surface area contributed by atoms with Crippen molar-refractivity contribution in [3.63, 3.8) is 0 Å². The second-order valence-electron chi connectivity index (χ2n) is 5.96. The Labute approximate surface area is 118 Å². The van der Waals surface area contributed by atoms with Gasteiger partial charge in [-0.3, -0.25) is 0 Å². The molecule has 0 aliphatic carbocycles. The molecule has 1 atom stereocenters. The lowest BCUT2D eigenvalue weighted by Crippen LogP contribution is -2.18. The molecule has 0 saturated heterocycles. The zero-order valence-electron chi connectivity index (χ0n) is 12.7. The molecule has 0 spiro atoms. The van der Waals surface area contributed by atoms with Crippen molar-refractivity contribution in [3.05, 3.63) is 35.4 Å². The predicted octanol–water partition coefficient (Wildman–Crippen LogP) is 5.49. The van der Waals surface area contributed by atoms with Gasteiger partial charge in [0.25, 0.3) is 0 Å². The molecule has 0 fully saturated rings. The molecule has 104 valence electrons. The molecule has 1 heteroatoms. The molecule has 0 saturated carbocycles. The van der Waals surface area contributed by atoms with Crippen molar-refractivity contribution in [1.29, 1.82) is 5.26 Å². The molecule has 1 aromatic rings. The summed E-state index contributed by atoms with van der Waals surface area (Å²) in [6, 6.07) is 10.3. The Morgan fingerprint density at radius 3 is 2.58 bits per heavy atom. The summed E-state index contributed by atoms with van der Waals surface area (Å²) in [6.07, 6.45) is 8.92. The first-order valence-electron chi connectivity index (χ1n) is 7.62. The highest BCUT2D eigenvalue weighted by atomic mass is 14.3. The van der Waals surface area contributed by atoms with E-state index in [-0.39, 0.29) is 0 Å². The van der Waals surface area contributed by atoms with E-state index in [9.17, 15) is 0 Å².